The highest BCUT2D eigenvalue weighted by Gasteiger charge is 2.15. The number of hydrogen-bond donors (Lipinski definition) is 2. The predicted octanol–water partition coefficient (Wildman–Crippen LogP) is 4.02. The first-order valence-corrected chi connectivity index (χ1v) is 10.2. The van der Waals surface area contributed by atoms with Crippen molar-refractivity contribution in [2.75, 3.05) is 41.3 Å². The summed E-state index contributed by atoms with van der Waals surface area (Å²) in [6.45, 7) is 3.92. The molecule has 0 amide bonds. The van der Waals surface area contributed by atoms with Crippen LogP contribution in [0.5, 0.6) is 5.75 Å². The predicted molar refractivity (Wildman–Crippen MR) is 131 cm³/mol. The standard InChI is InChI=1S/C21H32N4OS.HI/c1-16(12-19-10-7-11-27-19)14-23-21(22-2)24-15-20(25(3)4)17-8-6-9-18(13-17)26-5;/h6-11,13,16,20H,12,14-15H2,1-5H3,(H2,22,23,24);1H. The molecule has 0 saturated heterocycles. The Labute approximate surface area is 190 Å². The van der Waals surface area contributed by atoms with Crippen LogP contribution < -0.4 is 15.4 Å². The number of likely N-dealkylation sites (N-methyl/N-ethyl adjacent to an activating group) is 1. The van der Waals surface area contributed by atoms with Crippen LogP contribution in [0, 0.1) is 5.92 Å². The molecule has 0 aliphatic heterocycles. The van der Waals surface area contributed by atoms with Crippen LogP contribution in [0.1, 0.15) is 23.4 Å². The molecule has 0 aliphatic carbocycles. The fraction of sp³-hybridized carbons (Fsp3) is 0.476. The van der Waals surface area contributed by atoms with Gasteiger partial charge in [-0.1, -0.05) is 25.1 Å². The molecule has 5 nitrogen and oxygen atoms in total. The van der Waals surface area contributed by atoms with Crippen LogP contribution in [-0.4, -0.2) is 52.2 Å². The molecule has 0 fully saturated rings. The van der Waals surface area contributed by atoms with E-state index >= 15 is 0 Å². The number of benzene rings is 1. The van der Waals surface area contributed by atoms with E-state index in [4.69, 9.17) is 4.74 Å². The maximum absolute atomic E-state index is 5.37. The van der Waals surface area contributed by atoms with E-state index in [0.29, 0.717) is 5.92 Å². The Morgan fingerprint density at radius 3 is 2.54 bits per heavy atom. The second kappa shape index (κ2) is 13.0. The summed E-state index contributed by atoms with van der Waals surface area (Å²) in [5, 5.41) is 9.05. The van der Waals surface area contributed by atoms with E-state index in [1.54, 1.807) is 7.11 Å². The first-order valence-electron chi connectivity index (χ1n) is 9.30. The van der Waals surface area contributed by atoms with Gasteiger partial charge >= 0.3 is 0 Å². The third kappa shape index (κ3) is 7.97. The van der Waals surface area contributed by atoms with Crippen molar-refractivity contribution in [1.82, 2.24) is 15.5 Å². The van der Waals surface area contributed by atoms with Gasteiger partial charge in [-0.05, 0) is 55.6 Å². The van der Waals surface area contributed by atoms with Crippen LogP contribution in [0.25, 0.3) is 0 Å². The highest BCUT2D eigenvalue weighted by atomic mass is 127. The number of nitrogens with one attached hydrogen (secondary N) is 2. The van der Waals surface area contributed by atoms with Gasteiger partial charge in [-0.3, -0.25) is 4.99 Å². The molecule has 28 heavy (non-hydrogen) atoms. The number of hydrogen-bond acceptors (Lipinski definition) is 4. The zero-order valence-corrected chi connectivity index (χ0v) is 20.6. The zero-order chi connectivity index (χ0) is 19.6. The lowest BCUT2D eigenvalue weighted by Gasteiger charge is -2.26. The molecular formula is C21H33IN4OS. The van der Waals surface area contributed by atoms with Crippen molar-refractivity contribution < 1.29 is 4.74 Å². The summed E-state index contributed by atoms with van der Waals surface area (Å²) < 4.78 is 5.37. The Balaban J connectivity index is 0.00000392. The first-order chi connectivity index (χ1) is 13.0. The lowest BCUT2D eigenvalue weighted by atomic mass is 10.1. The van der Waals surface area contributed by atoms with E-state index in [9.17, 15) is 0 Å². The maximum Gasteiger partial charge on any atom is 0.191 e. The van der Waals surface area contributed by atoms with Gasteiger partial charge in [0.1, 0.15) is 5.75 Å². The molecule has 1 heterocycles. The zero-order valence-electron chi connectivity index (χ0n) is 17.4. The quantitative estimate of drug-likeness (QED) is 0.300. The van der Waals surface area contributed by atoms with E-state index in [1.165, 1.54) is 10.4 Å². The van der Waals surface area contributed by atoms with Gasteiger partial charge in [-0.2, -0.15) is 0 Å². The van der Waals surface area contributed by atoms with Crippen molar-refractivity contribution in [3.63, 3.8) is 0 Å². The van der Waals surface area contributed by atoms with Crippen molar-refractivity contribution >= 4 is 41.3 Å². The van der Waals surface area contributed by atoms with E-state index in [2.05, 4.69) is 71.2 Å². The fourth-order valence-electron chi connectivity index (χ4n) is 2.98. The Hall–Kier alpha value is -1.32. The van der Waals surface area contributed by atoms with Gasteiger partial charge in [-0.15, -0.1) is 35.3 Å². The molecule has 1 aromatic heterocycles. The minimum absolute atomic E-state index is 0. The number of methoxy groups -OCH3 is 1. The van der Waals surface area contributed by atoms with E-state index in [-0.39, 0.29) is 30.0 Å². The highest BCUT2D eigenvalue weighted by Crippen LogP contribution is 2.22. The van der Waals surface area contributed by atoms with Crippen molar-refractivity contribution in [1.29, 1.82) is 0 Å². The van der Waals surface area contributed by atoms with Gasteiger partial charge in [0.15, 0.2) is 5.96 Å². The van der Waals surface area contributed by atoms with Crippen LogP contribution in [-0.2, 0) is 6.42 Å². The summed E-state index contributed by atoms with van der Waals surface area (Å²) >= 11 is 1.82. The second-order valence-electron chi connectivity index (χ2n) is 6.98. The van der Waals surface area contributed by atoms with Crippen LogP contribution in [0.3, 0.4) is 0 Å². The Morgan fingerprint density at radius 1 is 1.18 bits per heavy atom. The summed E-state index contributed by atoms with van der Waals surface area (Å²) in [5.74, 6) is 2.26. The Kier molecular flexibility index (Phi) is 11.5. The van der Waals surface area contributed by atoms with E-state index in [0.717, 1.165) is 31.2 Å². The van der Waals surface area contributed by atoms with Gasteiger partial charge in [0.25, 0.3) is 0 Å². The number of aliphatic imine (C=N–C) groups is 1. The smallest absolute Gasteiger partial charge is 0.191 e. The Morgan fingerprint density at radius 2 is 1.93 bits per heavy atom. The van der Waals surface area contributed by atoms with Crippen LogP contribution in [0.15, 0.2) is 46.8 Å². The van der Waals surface area contributed by atoms with Crippen molar-refractivity contribution in [3.8, 4) is 5.75 Å². The van der Waals surface area contributed by atoms with Crippen LogP contribution in [0.4, 0.5) is 0 Å². The van der Waals surface area contributed by atoms with Crippen molar-refractivity contribution in [3.05, 3.63) is 52.2 Å². The largest absolute Gasteiger partial charge is 0.497 e. The lowest BCUT2D eigenvalue weighted by molar-refractivity contribution is 0.297. The molecular weight excluding hydrogens is 483 g/mol. The number of halogens is 1. The minimum atomic E-state index is 0. The normalized spacial score (nSPS) is 13.6. The van der Waals surface area contributed by atoms with Crippen molar-refractivity contribution in [2.24, 2.45) is 10.9 Å². The minimum Gasteiger partial charge on any atom is -0.497 e. The molecule has 0 aliphatic rings. The van der Waals surface area contributed by atoms with Crippen LogP contribution >= 0.6 is 35.3 Å². The Bertz CT molecular complexity index is 706. The molecule has 0 saturated carbocycles. The average molecular weight is 516 g/mol. The third-order valence-corrected chi connectivity index (χ3v) is 5.43. The molecule has 7 heteroatoms. The molecule has 0 radical (unpaired) electrons. The number of ether oxygens (including phenoxy) is 1. The van der Waals surface area contributed by atoms with E-state index < -0.39 is 0 Å². The van der Waals surface area contributed by atoms with Gasteiger partial charge in [-0.25, -0.2) is 0 Å². The molecule has 156 valence electrons. The lowest BCUT2D eigenvalue weighted by Crippen LogP contribution is -2.43. The molecule has 0 spiro atoms. The first kappa shape index (κ1) is 24.7. The molecule has 1 aromatic carbocycles. The fourth-order valence-corrected chi connectivity index (χ4v) is 3.85. The summed E-state index contributed by atoms with van der Waals surface area (Å²) in [4.78, 5) is 8.00. The highest BCUT2D eigenvalue weighted by molar-refractivity contribution is 14.0. The number of guanidine groups is 1. The third-order valence-electron chi connectivity index (χ3n) is 4.54. The molecule has 0 bridgehead atoms. The second-order valence-corrected chi connectivity index (χ2v) is 8.01. The molecule has 2 rings (SSSR count). The average Bonchev–Trinajstić information content (AvgIpc) is 3.17. The summed E-state index contributed by atoms with van der Waals surface area (Å²) in [6.07, 6.45) is 1.09. The summed E-state index contributed by atoms with van der Waals surface area (Å²) in [7, 11) is 7.69. The van der Waals surface area contributed by atoms with Gasteiger partial charge in [0.2, 0.25) is 0 Å². The molecule has 2 aromatic rings. The monoisotopic (exact) mass is 516 g/mol. The van der Waals surface area contributed by atoms with Crippen LogP contribution in [0.2, 0.25) is 0 Å². The number of rotatable bonds is 9. The van der Waals surface area contributed by atoms with Gasteiger partial charge in [0.05, 0.1) is 13.2 Å². The van der Waals surface area contributed by atoms with E-state index in [1.807, 2.05) is 30.5 Å². The number of thiophene rings is 1. The maximum atomic E-state index is 5.37. The number of nitrogens with zero attached hydrogens (tertiary/aromatic N) is 2. The molecule has 2 atom stereocenters. The SMILES string of the molecule is CN=C(NCC(C)Cc1cccs1)NCC(c1cccc(OC)c1)N(C)C.I. The van der Waals surface area contributed by atoms with Gasteiger partial charge in [0, 0.05) is 25.0 Å². The van der Waals surface area contributed by atoms with Gasteiger partial charge < -0.3 is 20.3 Å². The topological polar surface area (TPSA) is 48.9 Å². The summed E-state index contributed by atoms with van der Waals surface area (Å²) in [6, 6.07) is 12.8. The summed E-state index contributed by atoms with van der Waals surface area (Å²) in [5.41, 5.74) is 1.22. The van der Waals surface area contributed by atoms with Crippen molar-refractivity contribution in [2.45, 2.75) is 19.4 Å². The molecule has 2 N–H and O–H groups in total. The molecule has 2 unspecified atom stereocenters.